The second-order valence-corrected chi connectivity index (χ2v) is 4.84. The van der Waals surface area contributed by atoms with Crippen molar-refractivity contribution in [2.45, 2.75) is 39.4 Å². The van der Waals surface area contributed by atoms with Crippen LogP contribution in [0.15, 0.2) is 18.2 Å². The zero-order chi connectivity index (χ0) is 15.1. The Morgan fingerprint density at radius 1 is 1.19 bits per heavy atom. The van der Waals surface area contributed by atoms with Crippen molar-refractivity contribution in [3.05, 3.63) is 23.8 Å². The Morgan fingerprint density at radius 3 is 2.67 bits per heavy atom. The summed E-state index contributed by atoms with van der Waals surface area (Å²) in [5.41, 5.74) is 2.01. The maximum atomic E-state index is 11.4. The minimum Gasteiger partial charge on any atom is -0.493 e. The van der Waals surface area contributed by atoms with Crippen LogP contribution < -0.4 is 10.1 Å². The maximum absolute atomic E-state index is 11.4. The second-order valence-electron chi connectivity index (χ2n) is 4.84. The Kier molecular flexibility index (Phi) is 6.02. The molecule has 0 unspecified atom stereocenters. The van der Waals surface area contributed by atoms with Gasteiger partial charge in [-0.15, -0.1) is 0 Å². The number of amides is 1. The number of ether oxygens (including phenoxy) is 3. The van der Waals surface area contributed by atoms with E-state index in [4.69, 9.17) is 14.2 Å². The Labute approximate surface area is 125 Å². The molecule has 1 N–H and O–H groups in total. The van der Waals surface area contributed by atoms with Gasteiger partial charge in [-0.1, -0.05) is 6.07 Å². The first-order chi connectivity index (χ1) is 10.2. The zero-order valence-corrected chi connectivity index (χ0v) is 12.7. The number of rotatable bonds is 8. The Hall–Kier alpha value is -1.59. The van der Waals surface area contributed by atoms with E-state index < -0.39 is 0 Å². The first-order valence-electron chi connectivity index (χ1n) is 7.51. The Balaban J connectivity index is 1.85. The number of carbonyl (C=O) groups excluding carboxylic acids is 1. The fraction of sp³-hybridized carbons (Fsp3) is 0.562. The van der Waals surface area contributed by atoms with Gasteiger partial charge in [-0.3, -0.25) is 4.79 Å². The highest BCUT2D eigenvalue weighted by Crippen LogP contribution is 2.27. The third-order valence-electron chi connectivity index (χ3n) is 3.30. The second kappa shape index (κ2) is 8.00. The molecule has 2 rings (SSSR count). The third kappa shape index (κ3) is 4.72. The fourth-order valence-corrected chi connectivity index (χ4v) is 2.30. The number of fused-ring (bicyclic) bond motifs is 1. The predicted octanol–water partition coefficient (Wildman–Crippen LogP) is 2.74. The van der Waals surface area contributed by atoms with Crippen LogP contribution in [0.3, 0.4) is 0 Å². The standard InChI is InChI=1S/C16H23NO4/c1-3-19-16(20-4-2)9-10-21-13-7-5-12-6-8-15(18)17-14(12)11-13/h5,7,11,16H,3-4,6,8-10H2,1-2H3,(H,17,18). The van der Waals surface area contributed by atoms with E-state index in [9.17, 15) is 4.79 Å². The summed E-state index contributed by atoms with van der Waals surface area (Å²) >= 11 is 0. The van der Waals surface area contributed by atoms with E-state index >= 15 is 0 Å². The van der Waals surface area contributed by atoms with Crippen LogP contribution in [0, 0.1) is 0 Å². The lowest BCUT2D eigenvalue weighted by Crippen LogP contribution is -2.20. The highest BCUT2D eigenvalue weighted by molar-refractivity contribution is 5.94. The minimum atomic E-state index is -0.225. The summed E-state index contributed by atoms with van der Waals surface area (Å²) in [6.07, 6.45) is 1.79. The van der Waals surface area contributed by atoms with Crippen molar-refractivity contribution < 1.29 is 19.0 Å². The highest BCUT2D eigenvalue weighted by Gasteiger charge is 2.15. The van der Waals surface area contributed by atoms with Gasteiger partial charge in [-0.25, -0.2) is 0 Å². The molecule has 1 aromatic carbocycles. The Morgan fingerprint density at radius 2 is 1.95 bits per heavy atom. The molecule has 0 radical (unpaired) electrons. The van der Waals surface area contributed by atoms with Crippen LogP contribution in [0.1, 0.15) is 32.3 Å². The van der Waals surface area contributed by atoms with Gasteiger partial charge in [0.2, 0.25) is 5.91 Å². The van der Waals surface area contributed by atoms with Crippen LogP contribution >= 0.6 is 0 Å². The van der Waals surface area contributed by atoms with Gasteiger partial charge in [-0.05, 0) is 31.9 Å². The molecule has 1 heterocycles. The van der Waals surface area contributed by atoms with Crippen molar-refractivity contribution in [3.8, 4) is 5.75 Å². The van der Waals surface area contributed by atoms with Gasteiger partial charge in [0.05, 0.1) is 6.61 Å². The SMILES string of the molecule is CCOC(CCOc1ccc2c(c1)NC(=O)CC2)OCC. The van der Waals surface area contributed by atoms with Gasteiger partial charge in [0.15, 0.2) is 6.29 Å². The lowest BCUT2D eigenvalue weighted by atomic mass is 10.0. The smallest absolute Gasteiger partial charge is 0.224 e. The third-order valence-corrected chi connectivity index (χ3v) is 3.30. The molecule has 1 amide bonds. The van der Waals surface area contributed by atoms with E-state index in [1.807, 2.05) is 32.0 Å². The molecule has 5 heteroatoms. The first kappa shape index (κ1) is 15.8. The van der Waals surface area contributed by atoms with Crippen LogP contribution in [0.4, 0.5) is 5.69 Å². The number of carbonyl (C=O) groups is 1. The molecule has 1 aromatic rings. The summed E-state index contributed by atoms with van der Waals surface area (Å²) in [6.45, 7) is 5.64. The van der Waals surface area contributed by atoms with Crippen molar-refractivity contribution in [1.82, 2.24) is 0 Å². The summed E-state index contributed by atoms with van der Waals surface area (Å²) in [5.74, 6) is 0.815. The largest absolute Gasteiger partial charge is 0.493 e. The van der Waals surface area contributed by atoms with Crippen LogP contribution in [-0.4, -0.2) is 32.0 Å². The van der Waals surface area contributed by atoms with Gasteiger partial charge in [0.25, 0.3) is 0 Å². The molecule has 5 nitrogen and oxygen atoms in total. The number of benzene rings is 1. The van der Waals surface area contributed by atoms with Crippen LogP contribution in [-0.2, 0) is 20.7 Å². The molecule has 0 atom stereocenters. The van der Waals surface area contributed by atoms with Gasteiger partial charge in [0.1, 0.15) is 5.75 Å². The monoisotopic (exact) mass is 293 g/mol. The van der Waals surface area contributed by atoms with Gasteiger partial charge in [0, 0.05) is 37.8 Å². The van der Waals surface area contributed by atoms with Crippen molar-refractivity contribution >= 4 is 11.6 Å². The number of hydrogen-bond acceptors (Lipinski definition) is 4. The van der Waals surface area contributed by atoms with E-state index in [0.29, 0.717) is 32.7 Å². The molecular formula is C16H23NO4. The molecule has 0 aromatic heterocycles. The number of hydrogen-bond donors (Lipinski definition) is 1. The first-order valence-corrected chi connectivity index (χ1v) is 7.51. The molecule has 0 saturated carbocycles. The average molecular weight is 293 g/mol. The van der Waals surface area contributed by atoms with Crippen LogP contribution in [0.2, 0.25) is 0 Å². The molecule has 0 fully saturated rings. The molecule has 1 aliphatic rings. The molecule has 0 bridgehead atoms. The summed E-state index contributed by atoms with van der Waals surface area (Å²) in [6, 6.07) is 5.82. The fourth-order valence-electron chi connectivity index (χ4n) is 2.30. The molecule has 1 aliphatic heterocycles. The molecule has 0 saturated heterocycles. The molecule has 116 valence electrons. The minimum absolute atomic E-state index is 0.0624. The summed E-state index contributed by atoms with van der Waals surface area (Å²) in [7, 11) is 0. The molecule has 0 spiro atoms. The van der Waals surface area contributed by atoms with E-state index in [2.05, 4.69) is 5.32 Å². The molecule has 0 aliphatic carbocycles. The topological polar surface area (TPSA) is 56.8 Å². The maximum Gasteiger partial charge on any atom is 0.224 e. The van der Waals surface area contributed by atoms with Gasteiger partial charge >= 0.3 is 0 Å². The van der Waals surface area contributed by atoms with Crippen molar-refractivity contribution in [2.24, 2.45) is 0 Å². The normalized spacial score (nSPS) is 14.0. The number of aryl methyl sites for hydroxylation is 1. The quantitative estimate of drug-likeness (QED) is 0.749. The van der Waals surface area contributed by atoms with Crippen molar-refractivity contribution in [1.29, 1.82) is 0 Å². The van der Waals surface area contributed by atoms with Crippen molar-refractivity contribution in [2.75, 3.05) is 25.1 Å². The van der Waals surface area contributed by atoms with Crippen LogP contribution in [0.25, 0.3) is 0 Å². The Bertz CT molecular complexity index is 469. The average Bonchev–Trinajstić information content (AvgIpc) is 2.47. The summed E-state index contributed by atoms with van der Waals surface area (Å²) in [5, 5.41) is 2.87. The van der Waals surface area contributed by atoms with Gasteiger partial charge < -0.3 is 19.5 Å². The summed E-state index contributed by atoms with van der Waals surface area (Å²) < 4.78 is 16.7. The lowest BCUT2D eigenvalue weighted by molar-refractivity contribution is -0.142. The lowest BCUT2D eigenvalue weighted by Gasteiger charge is -2.19. The molecular weight excluding hydrogens is 270 g/mol. The van der Waals surface area contributed by atoms with Crippen LogP contribution in [0.5, 0.6) is 5.75 Å². The van der Waals surface area contributed by atoms with Crippen molar-refractivity contribution in [3.63, 3.8) is 0 Å². The zero-order valence-electron chi connectivity index (χ0n) is 12.7. The molecule has 21 heavy (non-hydrogen) atoms. The van der Waals surface area contributed by atoms with Gasteiger partial charge in [-0.2, -0.15) is 0 Å². The van der Waals surface area contributed by atoms with E-state index in [-0.39, 0.29) is 12.2 Å². The summed E-state index contributed by atoms with van der Waals surface area (Å²) in [4.78, 5) is 11.4. The number of anilines is 1. The van der Waals surface area contributed by atoms with E-state index in [1.165, 1.54) is 0 Å². The van der Waals surface area contributed by atoms with E-state index in [1.54, 1.807) is 0 Å². The van der Waals surface area contributed by atoms with E-state index in [0.717, 1.165) is 23.4 Å². The highest BCUT2D eigenvalue weighted by atomic mass is 16.7. The predicted molar refractivity (Wildman–Crippen MR) is 80.5 cm³/mol. The number of nitrogens with one attached hydrogen (secondary N) is 1.